The highest BCUT2D eigenvalue weighted by Crippen LogP contribution is 2.67. The summed E-state index contributed by atoms with van der Waals surface area (Å²) in [5.74, 6) is 5.46. The van der Waals surface area contributed by atoms with Crippen LogP contribution >= 0.6 is 11.6 Å². The van der Waals surface area contributed by atoms with Crippen LogP contribution in [0.1, 0.15) is 105 Å². The monoisotopic (exact) mass is 540 g/mol. The van der Waals surface area contributed by atoms with Gasteiger partial charge in [0.1, 0.15) is 11.9 Å². The van der Waals surface area contributed by atoms with Crippen molar-refractivity contribution >= 4 is 17.8 Å². The summed E-state index contributed by atoms with van der Waals surface area (Å²) in [5, 5.41) is 0.545. The topological polar surface area (TPSA) is 35.5 Å². The van der Waals surface area contributed by atoms with Crippen molar-refractivity contribution < 1.29 is 14.3 Å². The number of rotatable bonds is 7. The fraction of sp³-hybridized carbons (Fsp3) is 0.735. The van der Waals surface area contributed by atoms with Crippen molar-refractivity contribution in [2.75, 3.05) is 0 Å². The largest absolute Gasteiger partial charge is 0.514 e. The third-order valence-corrected chi connectivity index (χ3v) is 11.8. The molecule has 0 heterocycles. The number of halogens is 1. The van der Waals surface area contributed by atoms with Crippen LogP contribution in [0, 0.1) is 46.3 Å². The Morgan fingerprint density at radius 3 is 2.63 bits per heavy atom. The van der Waals surface area contributed by atoms with Gasteiger partial charge in [-0.3, -0.25) is 0 Å². The molecule has 0 unspecified atom stereocenters. The molecule has 8 atom stereocenters. The third-order valence-electron chi connectivity index (χ3n) is 11.5. The highest BCUT2D eigenvalue weighted by molar-refractivity contribution is 6.30. The zero-order valence-corrected chi connectivity index (χ0v) is 25.1. The Kier molecular flexibility index (Phi) is 8.26. The molecule has 3 fully saturated rings. The Balaban J connectivity index is 1.22. The molecule has 0 aromatic heterocycles. The minimum atomic E-state index is -0.622. The number of hydrogen-bond donors (Lipinski definition) is 0. The second kappa shape index (κ2) is 11.2. The van der Waals surface area contributed by atoms with E-state index in [-0.39, 0.29) is 11.5 Å². The van der Waals surface area contributed by atoms with Gasteiger partial charge in [0, 0.05) is 11.4 Å². The Morgan fingerprint density at radius 1 is 1.05 bits per heavy atom. The van der Waals surface area contributed by atoms with Crippen LogP contribution in [0.2, 0.25) is 5.02 Å². The van der Waals surface area contributed by atoms with Gasteiger partial charge in [-0.2, -0.15) is 0 Å². The lowest BCUT2D eigenvalue weighted by atomic mass is 9.47. The molecule has 3 saturated carbocycles. The molecule has 5 rings (SSSR count). The fourth-order valence-corrected chi connectivity index (χ4v) is 9.72. The van der Waals surface area contributed by atoms with Crippen LogP contribution in [-0.2, 0) is 4.74 Å². The standard InChI is InChI=1S/C34H49ClO3/c1-22(2)8-6-9-23(3)29-14-15-30-28-13-12-24-20-27(38-32(36)37-26-11-7-10-25(35)21-26)16-18-33(24,4)31(28)17-19-34(29,30)5/h7,10-12,21-23,27-31H,6,8-9,13-20H2,1-5H3/t23-,27-,28-,29+,30-,31-,33-,34+/m0/s1. The van der Waals surface area contributed by atoms with Gasteiger partial charge in [-0.05, 0) is 109 Å². The highest BCUT2D eigenvalue weighted by atomic mass is 35.5. The summed E-state index contributed by atoms with van der Waals surface area (Å²) in [6, 6.07) is 6.90. The molecule has 0 aliphatic heterocycles. The van der Waals surface area contributed by atoms with Crippen LogP contribution in [0.4, 0.5) is 4.79 Å². The maximum absolute atomic E-state index is 12.5. The third kappa shape index (κ3) is 5.43. The van der Waals surface area contributed by atoms with Crippen LogP contribution < -0.4 is 4.74 Å². The summed E-state index contributed by atoms with van der Waals surface area (Å²) >= 11 is 6.02. The van der Waals surface area contributed by atoms with Crippen molar-refractivity contribution in [1.82, 2.24) is 0 Å². The number of allylic oxidation sites excluding steroid dienone is 1. The summed E-state index contributed by atoms with van der Waals surface area (Å²) in [5.41, 5.74) is 2.30. The molecule has 1 aromatic rings. The summed E-state index contributed by atoms with van der Waals surface area (Å²) in [6.45, 7) is 12.5. The van der Waals surface area contributed by atoms with Crippen LogP contribution in [0.25, 0.3) is 0 Å². The van der Waals surface area contributed by atoms with Crippen LogP contribution in [0.5, 0.6) is 5.75 Å². The molecule has 0 amide bonds. The van der Waals surface area contributed by atoms with E-state index in [2.05, 4.69) is 40.7 Å². The van der Waals surface area contributed by atoms with E-state index in [1.807, 2.05) is 0 Å². The zero-order chi connectivity index (χ0) is 27.1. The smallest absolute Gasteiger partial charge is 0.430 e. The molecule has 4 aliphatic rings. The molecule has 38 heavy (non-hydrogen) atoms. The fourth-order valence-electron chi connectivity index (χ4n) is 9.54. The van der Waals surface area contributed by atoms with Gasteiger partial charge in [-0.15, -0.1) is 0 Å². The molecule has 0 saturated heterocycles. The normalized spacial score (nSPS) is 37.0. The van der Waals surface area contributed by atoms with E-state index in [0.29, 0.717) is 16.2 Å². The summed E-state index contributed by atoms with van der Waals surface area (Å²) in [6.07, 6.45) is 15.7. The molecule has 0 bridgehead atoms. The van der Waals surface area contributed by atoms with Gasteiger partial charge in [-0.25, -0.2) is 4.79 Å². The van der Waals surface area contributed by atoms with E-state index in [1.54, 1.807) is 24.3 Å². The van der Waals surface area contributed by atoms with Crippen molar-refractivity contribution in [3.05, 3.63) is 40.9 Å². The molecule has 4 aliphatic carbocycles. The van der Waals surface area contributed by atoms with E-state index < -0.39 is 6.16 Å². The Bertz CT molecular complexity index is 1030. The van der Waals surface area contributed by atoms with Crippen molar-refractivity contribution in [2.24, 2.45) is 46.3 Å². The zero-order valence-electron chi connectivity index (χ0n) is 24.3. The second-order valence-electron chi connectivity index (χ2n) is 14.1. The quantitative estimate of drug-likeness (QED) is 0.196. The average Bonchev–Trinajstić information content (AvgIpc) is 3.21. The molecule has 0 N–H and O–H groups in total. The van der Waals surface area contributed by atoms with Gasteiger partial charge in [0.15, 0.2) is 0 Å². The van der Waals surface area contributed by atoms with Crippen LogP contribution in [-0.4, -0.2) is 12.3 Å². The van der Waals surface area contributed by atoms with Crippen molar-refractivity contribution in [3.63, 3.8) is 0 Å². The van der Waals surface area contributed by atoms with Gasteiger partial charge in [0.25, 0.3) is 0 Å². The first kappa shape index (κ1) is 28.1. The lowest BCUT2D eigenvalue weighted by Gasteiger charge is -2.58. The van der Waals surface area contributed by atoms with E-state index in [9.17, 15) is 4.79 Å². The lowest BCUT2D eigenvalue weighted by Crippen LogP contribution is -2.51. The van der Waals surface area contributed by atoms with E-state index in [1.165, 1.54) is 56.9 Å². The van der Waals surface area contributed by atoms with Crippen molar-refractivity contribution in [1.29, 1.82) is 0 Å². The number of ether oxygens (including phenoxy) is 2. The number of fused-ring (bicyclic) bond motifs is 5. The molecule has 0 spiro atoms. The minimum Gasteiger partial charge on any atom is -0.430 e. The van der Waals surface area contributed by atoms with E-state index >= 15 is 0 Å². The number of hydrogen-bond acceptors (Lipinski definition) is 3. The Labute approximate surface area is 236 Å². The predicted molar refractivity (Wildman–Crippen MR) is 155 cm³/mol. The molecule has 0 radical (unpaired) electrons. The summed E-state index contributed by atoms with van der Waals surface area (Å²) in [7, 11) is 0. The predicted octanol–water partition coefficient (Wildman–Crippen LogP) is 10.3. The van der Waals surface area contributed by atoms with Gasteiger partial charge in [0.2, 0.25) is 0 Å². The van der Waals surface area contributed by atoms with E-state index in [4.69, 9.17) is 21.1 Å². The first-order valence-corrected chi connectivity index (χ1v) is 15.8. The lowest BCUT2D eigenvalue weighted by molar-refractivity contribution is -0.0597. The van der Waals surface area contributed by atoms with Gasteiger partial charge in [-0.1, -0.05) is 83.2 Å². The van der Waals surface area contributed by atoms with Gasteiger partial charge < -0.3 is 9.47 Å². The first-order chi connectivity index (χ1) is 18.1. The maximum Gasteiger partial charge on any atom is 0.514 e. The summed E-state index contributed by atoms with van der Waals surface area (Å²) < 4.78 is 11.2. The molecule has 4 heteroatoms. The molecule has 3 nitrogen and oxygen atoms in total. The maximum atomic E-state index is 12.5. The van der Waals surface area contributed by atoms with Crippen LogP contribution in [0.3, 0.4) is 0 Å². The van der Waals surface area contributed by atoms with Gasteiger partial charge in [0.05, 0.1) is 0 Å². The average molecular weight is 541 g/mol. The van der Waals surface area contributed by atoms with Crippen LogP contribution in [0.15, 0.2) is 35.9 Å². The number of carbonyl (C=O) groups excluding carboxylic acids is 1. The van der Waals surface area contributed by atoms with Crippen molar-refractivity contribution in [3.8, 4) is 5.75 Å². The highest BCUT2D eigenvalue weighted by Gasteiger charge is 2.59. The second-order valence-corrected chi connectivity index (χ2v) is 14.5. The Morgan fingerprint density at radius 2 is 1.87 bits per heavy atom. The molecule has 1 aromatic carbocycles. The first-order valence-electron chi connectivity index (χ1n) is 15.4. The number of carbonyl (C=O) groups is 1. The Hall–Kier alpha value is -1.48. The molecular formula is C34H49ClO3. The number of benzene rings is 1. The van der Waals surface area contributed by atoms with E-state index in [0.717, 1.165) is 54.8 Å². The summed E-state index contributed by atoms with van der Waals surface area (Å²) in [4.78, 5) is 12.5. The molecule has 210 valence electrons. The molecular weight excluding hydrogens is 492 g/mol. The minimum absolute atomic E-state index is 0.103. The van der Waals surface area contributed by atoms with Gasteiger partial charge >= 0.3 is 6.16 Å². The SMILES string of the molecule is CC(C)CCC[C@H](C)[C@H]1CC[C@H]2[C@@H]3CC=C4C[C@@H](OC(=O)Oc5cccc(Cl)c5)CC[C@]4(C)[C@H]3CC[C@]12C. The van der Waals surface area contributed by atoms with Crippen molar-refractivity contribution in [2.45, 2.75) is 111 Å².